The third kappa shape index (κ3) is 15.5. The minimum Gasteiger partial charge on any atom is -0.450 e. The molecule has 1 rings (SSSR count). The summed E-state index contributed by atoms with van der Waals surface area (Å²) >= 11 is 0. The Morgan fingerprint density at radius 3 is 2.16 bits per heavy atom. The Morgan fingerprint density at radius 1 is 0.973 bits per heavy atom. The molecule has 0 saturated carbocycles. The zero-order valence-corrected chi connectivity index (χ0v) is 22.6. The molecule has 5 amide bonds. The number of Topliss-reactive ketones (excluding diaryl/α,β-unsaturated/α-hetero) is 1. The Bertz CT molecular complexity index is 761. The monoisotopic (exact) mass is 529 g/mol. The Hall–Kier alpha value is -3.22. The number of carbonyl (C=O) groups excluding carboxylic acids is 6. The van der Waals surface area contributed by atoms with Crippen molar-refractivity contribution in [1.82, 2.24) is 26.2 Å². The molecule has 0 radical (unpaired) electrons. The van der Waals surface area contributed by atoms with Gasteiger partial charge in [-0.25, -0.2) is 9.59 Å². The number of imide groups is 1. The summed E-state index contributed by atoms with van der Waals surface area (Å²) in [6.07, 6.45) is 1.27. The Kier molecular flexibility index (Phi) is 18.2. The molecule has 0 aromatic carbocycles. The van der Waals surface area contributed by atoms with Crippen LogP contribution < -0.4 is 21.3 Å². The molecule has 212 valence electrons. The highest BCUT2D eigenvalue weighted by molar-refractivity contribution is 6.03. The van der Waals surface area contributed by atoms with Crippen molar-refractivity contribution in [3.8, 4) is 0 Å². The van der Waals surface area contributed by atoms with Crippen LogP contribution in [0.4, 0.5) is 9.59 Å². The number of unbranched alkanes of at least 4 members (excludes halogenated alkanes) is 1. The van der Waals surface area contributed by atoms with E-state index in [0.717, 1.165) is 0 Å². The number of alkyl carbamates (subject to hydrolysis) is 2. The summed E-state index contributed by atoms with van der Waals surface area (Å²) in [5.74, 6) is -0.763. The van der Waals surface area contributed by atoms with Crippen LogP contribution in [0.1, 0.15) is 59.8 Å². The third-order valence-corrected chi connectivity index (χ3v) is 5.18. The van der Waals surface area contributed by atoms with Gasteiger partial charge in [0.05, 0.1) is 13.2 Å². The maximum absolute atomic E-state index is 12.1. The van der Waals surface area contributed by atoms with Crippen molar-refractivity contribution in [2.24, 2.45) is 5.92 Å². The molecule has 0 aromatic rings. The lowest BCUT2D eigenvalue weighted by Gasteiger charge is -2.18. The Labute approximate surface area is 218 Å². The summed E-state index contributed by atoms with van der Waals surface area (Å²) in [5, 5.41) is 10.8. The largest absolute Gasteiger partial charge is 0.450 e. The van der Waals surface area contributed by atoms with Crippen LogP contribution in [-0.2, 0) is 28.7 Å². The van der Waals surface area contributed by atoms with Crippen LogP contribution in [0.5, 0.6) is 0 Å². The van der Waals surface area contributed by atoms with Crippen molar-refractivity contribution < 1.29 is 38.2 Å². The molecule has 0 aromatic heterocycles. The highest BCUT2D eigenvalue weighted by Crippen LogP contribution is 2.18. The highest BCUT2D eigenvalue weighted by Gasteiger charge is 2.35. The first-order valence-electron chi connectivity index (χ1n) is 12.7. The second kappa shape index (κ2) is 19.9. The number of carbonyl (C=O) groups is 6. The normalized spacial score (nSPS) is 15.3. The van der Waals surface area contributed by atoms with Crippen LogP contribution in [0.2, 0.25) is 0 Å². The Balaban J connectivity index is 0.000000832. The van der Waals surface area contributed by atoms with E-state index in [9.17, 15) is 28.8 Å². The van der Waals surface area contributed by atoms with Crippen molar-refractivity contribution in [2.75, 3.05) is 46.4 Å². The van der Waals surface area contributed by atoms with Crippen molar-refractivity contribution in [3.05, 3.63) is 0 Å². The van der Waals surface area contributed by atoms with Gasteiger partial charge in [0.25, 0.3) is 0 Å². The zero-order chi connectivity index (χ0) is 28.2. The number of nitrogens with zero attached hydrogens (tertiary/aromatic N) is 1. The van der Waals surface area contributed by atoms with Crippen LogP contribution in [0.3, 0.4) is 0 Å². The molecular weight excluding hydrogens is 486 g/mol. The molecule has 1 fully saturated rings. The number of amides is 5. The quantitative estimate of drug-likeness (QED) is 0.176. The van der Waals surface area contributed by atoms with Gasteiger partial charge in [-0.05, 0) is 47.1 Å². The lowest BCUT2D eigenvalue weighted by Crippen LogP contribution is -2.48. The van der Waals surface area contributed by atoms with Crippen LogP contribution in [0, 0.1) is 5.92 Å². The van der Waals surface area contributed by atoms with E-state index in [-0.39, 0.29) is 55.4 Å². The first-order valence-corrected chi connectivity index (χ1v) is 12.7. The fourth-order valence-electron chi connectivity index (χ4n) is 3.22. The minimum atomic E-state index is -0.663. The standard InChI is InChI=1S/C15H30N4O5.C9H13NO3/c1-4-23-14(21)18-9-7-6-8-12(19-15(22)24-5-2)13(20)17-11-10-16-3;1-6-5-8(12)10(9(6)13)4-3-7(2)11/h12,16H,4-11H2,1-3H3,(H,17,20)(H,18,21)(H,19,22);6H,3-5H2,1-2H3. The fraction of sp³-hybridized carbons (Fsp3) is 0.750. The minimum absolute atomic E-state index is 0.000142. The van der Waals surface area contributed by atoms with Gasteiger partial charge < -0.3 is 30.7 Å². The molecule has 37 heavy (non-hydrogen) atoms. The lowest BCUT2D eigenvalue weighted by molar-refractivity contribution is -0.139. The summed E-state index contributed by atoms with van der Waals surface area (Å²) in [6.45, 7) is 8.99. The van der Waals surface area contributed by atoms with E-state index in [1.807, 2.05) is 0 Å². The summed E-state index contributed by atoms with van der Waals surface area (Å²) in [4.78, 5) is 69.1. The van der Waals surface area contributed by atoms with Crippen molar-refractivity contribution in [2.45, 2.75) is 65.8 Å². The fourth-order valence-corrected chi connectivity index (χ4v) is 3.22. The van der Waals surface area contributed by atoms with Gasteiger partial charge in [-0.15, -0.1) is 0 Å². The summed E-state index contributed by atoms with van der Waals surface area (Å²) in [7, 11) is 1.79. The second-order valence-corrected chi connectivity index (χ2v) is 8.40. The van der Waals surface area contributed by atoms with Crippen LogP contribution in [-0.4, -0.2) is 93.1 Å². The van der Waals surface area contributed by atoms with Gasteiger partial charge in [-0.3, -0.25) is 24.1 Å². The molecular formula is C24H43N5O8. The van der Waals surface area contributed by atoms with E-state index in [1.54, 1.807) is 27.8 Å². The van der Waals surface area contributed by atoms with Gasteiger partial charge in [0, 0.05) is 44.9 Å². The molecule has 4 N–H and O–H groups in total. The number of hydrogen-bond acceptors (Lipinski definition) is 9. The van der Waals surface area contributed by atoms with E-state index < -0.39 is 18.2 Å². The molecule has 1 aliphatic rings. The van der Waals surface area contributed by atoms with Gasteiger partial charge in [0.1, 0.15) is 11.8 Å². The molecule has 2 unspecified atom stereocenters. The van der Waals surface area contributed by atoms with Crippen LogP contribution in [0.15, 0.2) is 0 Å². The van der Waals surface area contributed by atoms with E-state index >= 15 is 0 Å². The predicted molar refractivity (Wildman–Crippen MR) is 136 cm³/mol. The summed E-state index contributed by atoms with van der Waals surface area (Å²) in [6, 6.07) is -0.663. The maximum atomic E-state index is 12.1. The third-order valence-electron chi connectivity index (χ3n) is 5.18. The SMILES string of the molecule is CC(=O)CCN1C(=O)CC(C)C1=O.CCOC(=O)NCCCCC(NC(=O)OCC)C(=O)NCCNC. The Morgan fingerprint density at radius 2 is 1.62 bits per heavy atom. The zero-order valence-electron chi connectivity index (χ0n) is 22.6. The average molecular weight is 530 g/mol. The van der Waals surface area contributed by atoms with Gasteiger partial charge in [0.2, 0.25) is 17.7 Å². The van der Waals surface area contributed by atoms with Gasteiger partial charge in [0.15, 0.2) is 0 Å². The van der Waals surface area contributed by atoms with E-state index in [1.165, 1.54) is 11.8 Å². The number of ether oxygens (including phenoxy) is 2. The van der Waals surface area contributed by atoms with Crippen molar-refractivity contribution >= 4 is 35.7 Å². The highest BCUT2D eigenvalue weighted by atomic mass is 16.6. The van der Waals surface area contributed by atoms with E-state index in [4.69, 9.17) is 9.47 Å². The second-order valence-electron chi connectivity index (χ2n) is 8.40. The molecule has 1 saturated heterocycles. The number of likely N-dealkylation sites (tertiary alicyclic amines) is 1. The first-order chi connectivity index (χ1) is 17.6. The van der Waals surface area contributed by atoms with Crippen molar-refractivity contribution in [1.29, 1.82) is 0 Å². The molecule has 1 heterocycles. The van der Waals surface area contributed by atoms with Gasteiger partial charge >= 0.3 is 12.2 Å². The topological polar surface area (TPSA) is 172 Å². The summed E-state index contributed by atoms with van der Waals surface area (Å²) in [5.41, 5.74) is 0. The van der Waals surface area contributed by atoms with Crippen LogP contribution >= 0.6 is 0 Å². The molecule has 0 aliphatic carbocycles. The number of nitrogens with one attached hydrogen (secondary N) is 4. The summed E-state index contributed by atoms with van der Waals surface area (Å²) < 4.78 is 9.57. The van der Waals surface area contributed by atoms with Crippen molar-refractivity contribution in [3.63, 3.8) is 0 Å². The molecule has 13 nitrogen and oxygen atoms in total. The predicted octanol–water partition coefficient (Wildman–Crippen LogP) is 0.714. The van der Waals surface area contributed by atoms with Gasteiger partial charge in [-0.1, -0.05) is 6.92 Å². The van der Waals surface area contributed by atoms with Gasteiger partial charge in [-0.2, -0.15) is 0 Å². The molecule has 13 heteroatoms. The van der Waals surface area contributed by atoms with Crippen LogP contribution in [0.25, 0.3) is 0 Å². The number of rotatable bonds is 15. The molecule has 0 bridgehead atoms. The lowest BCUT2D eigenvalue weighted by atomic mass is 10.1. The molecule has 1 aliphatic heterocycles. The number of likely N-dealkylation sites (N-methyl/N-ethyl adjacent to an activating group) is 1. The first kappa shape index (κ1) is 33.8. The van der Waals surface area contributed by atoms with E-state index in [2.05, 4.69) is 21.3 Å². The molecule has 0 spiro atoms. The average Bonchev–Trinajstić information content (AvgIpc) is 3.08. The number of ketones is 1. The van der Waals surface area contributed by atoms with E-state index in [0.29, 0.717) is 45.5 Å². The smallest absolute Gasteiger partial charge is 0.407 e. The number of hydrogen-bond donors (Lipinski definition) is 4. The maximum Gasteiger partial charge on any atom is 0.407 e. The molecule has 2 atom stereocenters.